The van der Waals surface area contributed by atoms with Gasteiger partial charge in [0.1, 0.15) is 6.04 Å². The van der Waals surface area contributed by atoms with Gasteiger partial charge in [-0.15, -0.1) is 0 Å². The van der Waals surface area contributed by atoms with Crippen molar-refractivity contribution in [2.24, 2.45) is 5.92 Å². The van der Waals surface area contributed by atoms with Gasteiger partial charge in [0.2, 0.25) is 0 Å². The van der Waals surface area contributed by atoms with Crippen molar-refractivity contribution in [3.8, 4) is 0 Å². The average Bonchev–Trinajstić information content (AvgIpc) is 2.18. The van der Waals surface area contributed by atoms with E-state index in [1.807, 2.05) is 0 Å². The van der Waals surface area contributed by atoms with Crippen LogP contribution >= 0.6 is 0 Å². The van der Waals surface area contributed by atoms with Gasteiger partial charge >= 0.3 is 0 Å². The van der Waals surface area contributed by atoms with E-state index in [9.17, 15) is 5.11 Å². The first-order valence-corrected chi connectivity index (χ1v) is 5.93. The zero-order chi connectivity index (χ0) is 9.76. The van der Waals surface area contributed by atoms with Crippen LogP contribution in [-0.2, 0) is 0 Å². The van der Waals surface area contributed by atoms with Crippen LogP contribution in [0.1, 0.15) is 25.7 Å². The molecule has 2 bridgehead atoms. The second kappa shape index (κ2) is 2.83. The fourth-order valence-electron chi connectivity index (χ4n) is 3.79. The fraction of sp³-hybridized carbons (Fsp3) is 0.833. The van der Waals surface area contributed by atoms with Crippen LogP contribution in [0.2, 0.25) is 0 Å². The fourth-order valence-corrected chi connectivity index (χ4v) is 3.79. The van der Waals surface area contributed by atoms with Crippen molar-refractivity contribution in [1.29, 1.82) is 0 Å². The molecule has 2 heteroatoms. The number of fused-ring (bicyclic) bond motifs is 2. The van der Waals surface area contributed by atoms with E-state index in [2.05, 4.69) is 13.1 Å². The first-order chi connectivity index (χ1) is 6.69. The number of hydrogen-bond acceptors (Lipinski definition) is 1. The lowest BCUT2D eigenvalue weighted by atomic mass is 9.72. The van der Waals surface area contributed by atoms with Crippen LogP contribution < -0.4 is 0 Å². The van der Waals surface area contributed by atoms with Crippen molar-refractivity contribution in [2.45, 2.75) is 37.8 Å². The van der Waals surface area contributed by atoms with Crippen LogP contribution in [0.15, 0.2) is 11.6 Å². The topological polar surface area (TPSA) is 20.2 Å². The monoisotopic (exact) mass is 194 g/mol. The van der Waals surface area contributed by atoms with E-state index in [1.54, 1.807) is 5.57 Å². The quantitative estimate of drug-likeness (QED) is 0.455. The minimum atomic E-state index is -0.145. The molecule has 4 aliphatic rings. The maximum Gasteiger partial charge on any atom is 0.111 e. The molecule has 0 aromatic carbocycles. The largest absolute Gasteiger partial charge is 0.389 e. The highest BCUT2D eigenvalue weighted by Crippen LogP contribution is 2.44. The molecule has 3 fully saturated rings. The van der Waals surface area contributed by atoms with Crippen molar-refractivity contribution >= 4 is 0 Å². The van der Waals surface area contributed by atoms with Crippen LogP contribution in [0.5, 0.6) is 0 Å². The van der Waals surface area contributed by atoms with Crippen molar-refractivity contribution in [2.75, 3.05) is 20.1 Å². The van der Waals surface area contributed by atoms with E-state index >= 15 is 0 Å². The molecule has 1 N–H and O–H groups in total. The molecule has 3 saturated heterocycles. The van der Waals surface area contributed by atoms with Crippen molar-refractivity contribution in [1.82, 2.24) is 0 Å². The van der Waals surface area contributed by atoms with Crippen molar-refractivity contribution < 1.29 is 9.59 Å². The van der Waals surface area contributed by atoms with Gasteiger partial charge in [-0.25, -0.2) is 0 Å². The summed E-state index contributed by atoms with van der Waals surface area (Å²) in [4.78, 5) is 0. The molecule has 1 aliphatic carbocycles. The highest BCUT2D eigenvalue weighted by atomic mass is 16.3. The molecular weight excluding hydrogens is 174 g/mol. The van der Waals surface area contributed by atoms with E-state index in [1.165, 1.54) is 36.8 Å². The Labute approximate surface area is 85.8 Å². The third-order valence-electron chi connectivity index (χ3n) is 4.71. The molecule has 0 aromatic rings. The Hall–Kier alpha value is -0.340. The Bertz CT molecular complexity index is 276. The predicted molar refractivity (Wildman–Crippen MR) is 55.8 cm³/mol. The Morgan fingerprint density at radius 3 is 2.64 bits per heavy atom. The van der Waals surface area contributed by atoms with E-state index in [0.29, 0.717) is 0 Å². The minimum absolute atomic E-state index is 0.145. The summed E-state index contributed by atoms with van der Waals surface area (Å²) in [6.45, 7) is 2.73. The van der Waals surface area contributed by atoms with Crippen LogP contribution in [-0.4, -0.2) is 41.9 Å². The molecule has 4 rings (SSSR count). The lowest BCUT2D eigenvalue weighted by Crippen LogP contribution is -2.63. The van der Waals surface area contributed by atoms with Crippen LogP contribution in [0, 0.1) is 5.92 Å². The predicted octanol–water partition coefficient (Wildman–Crippen LogP) is 1.31. The number of aliphatic hydroxyl groups is 1. The minimum Gasteiger partial charge on any atom is -0.389 e. The average molecular weight is 194 g/mol. The normalized spacial score (nSPS) is 51.3. The molecule has 2 unspecified atom stereocenters. The maximum absolute atomic E-state index is 9.68. The summed E-state index contributed by atoms with van der Waals surface area (Å²) < 4.78 is 1.26. The second-order valence-corrected chi connectivity index (χ2v) is 5.53. The van der Waals surface area contributed by atoms with E-state index in [4.69, 9.17) is 0 Å². The number of aliphatic hydroxyl groups excluding tert-OH is 1. The Balaban J connectivity index is 1.99. The molecule has 78 valence electrons. The summed E-state index contributed by atoms with van der Waals surface area (Å²) in [5.41, 5.74) is 1.60. The zero-order valence-corrected chi connectivity index (χ0v) is 8.95. The van der Waals surface area contributed by atoms with Gasteiger partial charge in [-0.1, -0.05) is 6.08 Å². The van der Waals surface area contributed by atoms with Gasteiger partial charge in [-0.2, -0.15) is 0 Å². The SMILES string of the molecule is C[N+]12CCC(CC1)C1=CC(O)CCC12. The summed E-state index contributed by atoms with van der Waals surface area (Å²) in [7, 11) is 2.41. The van der Waals surface area contributed by atoms with Gasteiger partial charge < -0.3 is 9.59 Å². The first-order valence-electron chi connectivity index (χ1n) is 5.93. The second-order valence-electron chi connectivity index (χ2n) is 5.53. The van der Waals surface area contributed by atoms with Crippen molar-refractivity contribution in [3.63, 3.8) is 0 Å². The van der Waals surface area contributed by atoms with Gasteiger partial charge in [0.05, 0.1) is 26.2 Å². The zero-order valence-electron chi connectivity index (χ0n) is 8.95. The third kappa shape index (κ3) is 1.10. The number of hydrogen-bond donors (Lipinski definition) is 1. The lowest BCUT2D eigenvalue weighted by Gasteiger charge is -2.55. The van der Waals surface area contributed by atoms with Crippen LogP contribution in [0.25, 0.3) is 0 Å². The Morgan fingerprint density at radius 1 is 1.21 bits per heavy atom. The summed E-state index contributed by atoms with van der Waals surface area (Å²) in [5, 5.41) is 9.68. The highest BCUT2D eigenvalue weighted by Gasteiger charge is 2.48. The maximum atomic E-state index is 9.68. The number of quaternary nitrogens is 1. The highest BCUT2D eigenvalue weighted by molar-refractivity contribution is 5.21. The molecule has 0 spiro atoms. The summed E-state index contributed by atoms with van der Waals surface area (Å²) in [5.74, 6) is 0.815. The standard InChI is InChI=1S/C12H20NO/c1-13-6-4-9(5-7-13)11-8-10(14)2-3-12(11)13/h8-10,12,14H,2-7H2,1H3/q+1. The number of likely N-dealkylation sites (N-methyl/N-ethyl adjacent to an activating group) is 1. The third-order valence-corrected chi connectivity index (χ3v) is 4.71. The van der Waals surface area contributed by atoms with Gasteiger partial charge in [-0.05, 0) is 17.9 Å². The number of rotatable bonds is 0. The lowest BCUT2D eigenvalue weighted by molar-refractivity contribution is -0.941. The number of nitrogens with zero attached hydrogens (tertiary/aromatic N) is 1. The molecule has 14 heavy (non-hydrogen) atoms. The van der Waals surface area contributed by atoms with E-state index < -0.39 is 0 Å². The van der Waals surface area contributed by atoms with E-state index in [0.717, 1.165) is 18.4 Å². The molecule has 2 atom stereocenters. The number of piperidine rings is 3. The molecule has 3 heterocycles. The molecule has 0 saturated carbocycles. The van der Waals surface area contributed by atoms with Gasteiger partial charge in [-0.3, -0.25) is 0 Å². The first kappa shape index (κ1) is 8.93. The smallest absolute Gasteiger partial charge is 0.111 e. The van der Waals surface area contributed by atoms with Gasteiger partial charge in [0.15, 0.2) is 0 Å². The van der Waals surface area contributed by atoms with Crippen LogP contribution in [0.4, 0.5) is 0 Å². The summed E-state index contributed by atoms with van der Waals surface area (Å²) in [6, 6.07) is 0.755. The van der Waals surface area contributed by atoms with Gasteiger partial charge in [0.25, 0.3) is 0 Å². The van der Waals surface area contributed by atoms with Gasteiger partial charge in [0, 0.05) is 19.3 Å². The molecule has 0 radical (unpaired) electrons. The Kier molecular flexibility index (Phi) is 1.80. The molecule has 3 aliphatic heterocycles. The molecule has 2 nitrogen and oxygen atoms in total. The summed E-state index contributed by atoms with van der Waals surface area (Å²) in [6.07, 6.45) is 6.92. The van der Waals surface area contributed by atoms with Crippen LogP contribution in [0.3, 0.4) is 0 Å². The summed E-state index contributed by atoms with van der Waals surface area (Å²) >= 11 is 0. The van der Waals surface area contributed by atoms with E-state index in [-0.39, 0.29) is 6.10 Å². The molecular formula is C12H20NO+. The van der Waals surface area contributed by atoms with Crippen molar-refractivity contribution in [3.05, 3.63) is 11.6 Å². The molecule has 0 aromatic heterocycles. The Morgan fingerprint density at radius 2 is 1.93 bits per heavy atom. The molecule has 0 amide bonds.